The molecular formula is C22H23ClN4S. The van der Waals surface area contributed by atoms with Crippen LogP contribution in [0.4, 0.5) is 0 Å². The van der Waals surface area contributed by atoms with E-state index in [0.29, 0.717) is 10.6 Å². The van der Waals surface area contributed by atoms with Gasteiger partial charge in [0.2, 0.25) is 0 Å². The van der Waals surface area contributed by atoms with Crippen molar-refractivity contribution in [2.75, 3.05) is 0 Å². The van der Waals surface area contributed by atoms with Crippen molar-refractivity contribution in [3.63, 3.8) is 0 Å². The summed E-state index contributed by atoms with van der Waals surface area (Å²) in [6.45, 7) is 3.12. The van der Waals surface area contributed by atoms with E-state index in [9.17, 15) is 0 Å². The zero-order valence-electron chi connectivity index (χ0n) is 15.9. The highest BCUT2D eigenvalue weighted by Gasteiger charge is 2.14. The maximum absolute atomic E-state index is 8.94. The fraction of sp³-hybridized carbons (Fsp3) is 0.318. The molecule has 1 aromatic heterocycles. The maximum Gasteiger partial charge on any atom is 0.191 e. The van der Waals surface area contributed by atoms with Crippen molar-refractivity contribution in [3.8, 4) is 17.5 Å². The van der Waals surface area contributed by atoms with E-state index in [-0.39, 0.29) is 0 Å². The third-order valence-electron chi connectivity index (χ3n) is 4.51. The lowest BCUT2D eigenvalue weighted by Gasteiger charge is -2.10. The number of hydrogen-bond donors (Lipinski definition) is 0. The molecule has 0 fully saturated rings. The van der Waals surface area contributed by atoms with Crippen LogP contribution in [0, 0.1) is 11.3 Å². The Labute approximate surface area is 175 Å². The van der Waals surface area contributed by atoms with Crippen LogP contribution in [0.15, 0.2) is 53.7 Å². The van der Waals surface area contributed by atoms with Crippen LogP contribution >= 0.6 is 23.4 Å². The molecule has 0 atom stereocenters. The van der Waals surface area contributed by atoms with Gasteiger partial charge in [0.05, 0.1) is 11.6 Å². The predicted molar refractivity (Wildman–Crippen MR) is 115 cm³/mol. The molecule has 1 heterocycles. The Balaban J connectivity index is 1.78. The third-order valence-corrected chi connectivity index (χ3v) is 5.80. The standard InChI is InChI=1S/C22H23ClN4S/c1-2-3-4-5-14-27-21(19-10-12-20(23)13-11-19)25-26-22(27)28-16-18-8-6-17(15-24)7-9-18/h6-13H,2-5,14,16H2,1H3. The molecule has 0 amide bonds. The molecule has 0 unspecified atom stereocenters. The van der Waals surface area contributed by atoms with Gasteiger partial charge in [-0.1, -0.05) is 61.7 Å². The minimum absolute atomic E-state index is 0.679. The lowest BCUT2D eigenvalue weighted by atomic mass is 10.2. The first-order valence-corrected chi connectivity index (χ1v) is 10.9. The number of halogens is 1. The number of benzene rings is 2. The van der Waals surface area contributed by atoms with E-state index in [4.69, 9.17) is 16.9 Å². The number of rotatable bonds is 9. The number of nitrogens with zero attached hydrogens (tertiary/aromatic N) is 4. The molecule has 0 saturated heterocycles. The molecule has 0 N–H and O–H groups in total. The molecule has 0 saturated carbocycles. The Morgan fingerprint density at radius 3 is 2.43 bits per heavy atom. The lowest BCUT2D eigenvalue weighted by Crippen LogP contribution is -2.03. The molecule has 0 aliphatic heterocycles. The summed E-state index contributed by atoms with van der Waals surface area (Å²) in [5.74, 6) is 1.68. The fourth-order valence-electron chi connectivity index (χ4n) is 2.93. The average molecular weight is 411 g/mol. The van der Waals surface area contributed by atoms with Gasteiger partial charge in [-0.2, -0.15) is 5.26 Å². The lowest BCUT2D eigenvalue weighted by molar-refractivity contribution is 0.556. The van der Waals surface area contributed by atoms with Gasteiger partial charge in [-0.25, -0.2) is 0 Å². The van der Waals surface area contributed by atoms with E-state index in [0.717, 1.165) is 40.8 Å². The molecule has 0 aliphatic rings. The second-order valence-corrected chi connectivity index (χ2v) is 8.00. The molecule has 3 rings (SSSR count). The van der Waals surface area contributed by atoms with Crippen LogP contribution in [0.5, 0.6) is 0 Å². The summed E-state index contributed by atoms with van der Waals surface area (Å²) in [4.78, 5) is 0. The van der Waals surface area contributed by atoms with Crippen molar-refractivity contribution in [3.05, 3.63) is 64.7 Å². The molecule has 0 spiro atoms. The Morgan fingerprint density at radius 1 is 1.00 bits per heavy atom. The largest absolute Gasteiger partial charge is 0.302 e. The van der Waals surface area contributed by atoms with Crippen LogP contribution in [0.25, 0.3) is 11.4 Å². The summed E-state index contributed by atoms with van der Waals surface area (Å²) in [5.41, 5.74) is 2.87. The first-order chi connectivity index (χ1) is 13.7. The van der Waals surface area contributed by atoms with Crippen LogP contribution in [-0.4, -0.2) is 14.8 Å². The van der Waals surface area contributed by atoms with Gasteiger partial charge < -0.3 is 4.57 Å². The first kappa shape index (κ1) is 20.4. The first-order valence-electron chi connectivity index (χ1n) is 9.52. The zero-order chi connectivity index (χ0) is 19.8. The van der Waals surface area contributed by atoms with Crippen molar-refractivity contribution < 1.29 is 0 Å². The van der Waals surface area contributed by atoms with E-state index in [1.807, 2.05) is 48.5 Å². The van der Waals surface area contributed by atoms with Crippen molar-refractivity contribution in [1.82, 2.24) is 14.8 Å². The Morgan fingerprint density at radius 2 is 1.75 bits per heavy atom. The Hall–Kier alpha value is -2.29. The van der Waals surface area contributed by atoms with Crippen LogP contribution in [-0.2, 0) is 12.3 Å². The van der Waals surface area contributed by atoms with Crippen molar-refractivity contribution in [1.29, 1.82) is 5.26 Å². The zero-order valence-corrected chi connectivity index (χ0v) is 17.5. The van der Waals surface area contributed by atoms with Gasteiger partial charge in [0.1, 0.15) is 0 Å². The number of nitriles is 1. The minimum atomic E-state index is 0.679. The van der Waals surface area contributed by atoms with Crippen LogP contribution in [0.1, 0.15) is 43.7 Å². The summed E-state index contributed by atoms with van der Waals surface area (Å²) < 4.78 is 2.22. The Kier molecular flexibility index (Phi) is 7.53. The van der Waals surface area contributed by atoms with Gasteiger partial charge in [0.15, 0.2) is 11.0 Å². The Bertz CT molecular complexity index is 927. The van der Waals surface area contributed by atoms with Gasteiger partial charge in [-0.3, -0.25) is 0 Å². The van der Waals surface area contributed by atoms with E-state index in [1.165, 1.54) is 19.3 Å². The fourth-order valence-corrected chi connectivity index (χ4v) is 3.98. The van der Waals surface area contributed by atoms with Gasteiger partial charge >= 0.3 is 0 Å². The predicted octanol–water partition coefficient (Wildman–Crippen LogP) is 6.34. The molecular weight excluding hydrogens is 388 g/mol. The van der Waals surface area contributed by atoms with Gasteiger partial charge in [0.25, 0.3) is 0 Å². The highest BCUT2D eigenvalue weighted by atomic mass is 35.5. The second-order valence-electron chi connectivity index (χ2n) is 6.62. The quantitative estimate of drug-likeness (QED) is 0.305. The maximum atomic E-state index is 8.94. The van der Waals surface area contributed by atoms with E-state index in [1.54, 1.807) is 11.8 Å². The minimum Gasteiger partial charge on any atom is -0.302 e. The summed E-state index contributed by atoms with van der Waals surface area (Å²) in [7, 11) is 0. The molecule has 3 aromatic rings. The molecule has 6 heteroatoms. The smallest absolute Gasteiger partial charge is 0.191 e. The summed E-state index contributed by atoms with van der Waals surface area (Å²) >= 11 is 7.71. The van der Waals surface area contributed by atoms with Gasteiger partial charge in [-0.15, -0.1) is 10.2 Å². The number of unbranched alkanes of at least 4 members (excludes halogenated alkanes) is 3. The number of aromatic nitrogens is 3. The van der Waals surface area contributed by atoms with E-state index >= 15 is 0 Å². The van der Waals surface area contributed by atoms with E-state index in [2.05, 4.69) is 27.8 Å². The topological polar surface area (TPSA) is 54.5 Å². The number of thioether (sulfide) groups is 1. The SMILES string of the molecule is CCCCCCn1c(SCc2ccc(C#N)cc2)nnc1-c1ccc(Cl)cc1. The van der Waals surface area contributed by atoms with Gasteiger partial charge in [-0.05, 0) is 48.4 Å². The summed E-state index contributed by atoms with van der Waals surface area (Å²) in [5, 5.41) is 19.5. The molecule has 0 aliphatic carbocycles. The number of hydrogen-bond acceptors (Lipinski definition) is 4. The third kappa shape index (κ3) is 5.37. The molecule has 144 valence electrons. The molecule has 0 radical (unpaired) electrons. The normalized spacial score (nSPS) is 10.8. The van der Waals surface area contributed by atoms with Crippen LogP contribution in [0.3, 0.4) is 0 Å². The van der Waals surface area contributed by atoms with E-state index < -0.39 is 0 Å². The molecule has 4 nitrogen and oxygen atoms in total. The monoisotopic (exact) mass is 410 g/mol. The van der Waals surface area contributed by atoms with Gasteiger partial charge in [0, 0.05) is 22.9 Å². The second kappa shape index (κ2) is 10.3. The van der Waals surface area contributed by atoms with Crippen LogP contribution < -0.4 is 0 Å². The highest BCUT2D eigenvalue weighted by Crippen LogP contribution is 2.28. The summed E-state index contributed by atoms with van der Waals surface area (Å²) in [6.07, 6.45) is 4.77. The molecule has 2 aromatic carbocycles. The van der Waals surface area contributed by atoms with Crippen molar-refractivity contribution in [2.45, 2.75) is 50.1 Å². The molecule has 0 bridgehead atoms. The summed E-state index contributed by atoms with van der Waals surface area (Å²) in [6, 6.07) is 17.6. The van der Waals surface area contributed by atoms with Crippen molar-refractivity contribution >= 4 is 23.4 Å². The molecule has 28 heavy (non-hydrogen) atoms. The van der Waals surface area contributed by atoms with Crippen LogP contribution in [0.2, 0.25) is 5.02 Å². The average Bonchev–Trinajstić information content (AvgIpc) is 3.13. The van der Waals surface area contributed by atoms with Crippen molar-refractivity contribution in [2.24, 2.45) is 0 Å². The highest BCUT2D eigenvalue weighted by molar-refractivity contribution is 7.98.